The van der Waals surface area contributed by atoms with Crippen molar-refractivity contribution in [1.29, 1.82) is 0 Å². The first kappa shape index (κ1) is 16.4. The number of nitrogens with two attached hydrogens (primary N) is 1. The van der Waals surface area contributed by atoms with Crippen LogP contribution in [0.3, 0.4) is 0 Å². The van der Waals surface area contributed by atoms with E-state index >= 15 is 0 Å². The van der Waals surface area contributed by atoms with E-state index in [4.69, 9.17) is 10.5 Å². The number of amides is 1. The van der Waals surface area contributed by atoms with E-state index in [1.165, 1.54) is 12.1 Å². The highest BCUT2D eigenvalue weighted by molar-refractivity contribution is 5.93. The first-order valence-corrected chi connectivity index (χ1v) is 7.78. The number of ether oxygens (including phenoxy) is 1. The van der Waals surface area contributed by atoms with Crippen molar-refractivity contribution in [2.75, 3.05) is 6.61 Å². The van der Waals surface area contributed by atoms with Gasteiger partial charge in [-0.3, -0.25) is 4.79 Å². The maximum Gasteiger partial charge on any atom is 0.267 e. The van der Waals surface area contributed by atoms with Crippen molar-refractivity contribution in [3.8, 4) is 17.0 Å². The van der Waals surface area contributed by atoms with E-state index in [0.717, 1.165) is 11.1 Å². The number of carbonyl (C=O) groups is 1. The van der Waals surface area contributed by atoms with Crippen molar-refractivity contribution in [1.82, 2.24) is 4.98 Å². The van der Waals surface area contributed by atoms with Crippen LogP contribution in [0.25, 0.3) is 11.1 Å². The minimum absolute atomic E-state index is 0.00923. The van der Waals surface area contributed by atoms with Crippen molar-refractivity contribution < 1.29 is 19.0 Å². The third-order valence-electron chi connectivity index (χ3n) is 4.36. The lowest BCUT2D eigenvalue weighted by Gasteiger charge is -2.31. The molecule has 1 aliphatic rings. The zero-order chi connectivity index (χ0) is 17.4. The van der Waals surface area contributed by atoms with Gasteiger partial charge in [-0.1, -0.05) is 19.1 Å². The summed E-state index contributed by atoms with van der Waals surface area (Å²) >= 11 is 0. The quantitative estimate of drug-likeness (QED) is 0.904. The summed E-state index contributed by atoms with van der Waals surface area (Å²) in [6.45, 7) is 3.60. The van der Waals surface area contributed by atoms with Crippen LogP contribution in [0.5, 0.6) is 5.88 Å². The summed E-state index contributed by atoms with van der Waals surface area (Å²) < 4.78 is 20.2. The van der Waals surface area contributed by atoms with Gasteiger partial charge in [0.05, 0.1) is 6.61 Å². The zero-order valence-corrected chi connectivity index (χ0v) is 13.5. The molecule has 3 N–H and O–H groups in total. The highest BCUT2D eigenvalue weighted by Gasteiger charge is 2.31. The molecule has 0 bridgehead atoms. The lowest BCUT2D eigenvalue weighted by atomic mass is 9.88. The molecule has 1 aromatic carbocycles. The highest BCUT2D eigenvalue weighted by Crippen LogP contribution is 2.38. The fraction of sp³-hybridized carbons (Fsp3) is 0.333. The Balaban J connectivity index is 2.21. The molecule has 0 saturated carbocycles. The maximum absolute atomic E-state index is 14.5. The average molecular weight is 330 g/mol. The van der Waals surface area contributed by atoms with E-state index < -0.39 is 12.0 Å². The van der Waals surface area contributed by atoms with Gasteiger partial charge in [0.1, 0.15) is 17.6 Å². The minimum atomic E-state index is -0.714. The Hall–Kier alpha value is -2.47. The number of fused-ring (bicyclic) bond motifs is 1. The molecule has 0 aliphatic carbocycles. The first-order chi connectivity index (χ1) is 11.4. The number of aryl methyl sites for hydroxylation is 1. The lowest BCUT2D eigenvalue weighted by molar-refractivity contribution is 0.0561. The van der Waals surface area contributed by atoms with E-state index in [9.17, 15) is 14.3 Å². The molecule has 1 aliphatic heterocycles. The molecule has 3 rings (SSSR count). The monoisotopic (exact) mass is 330 g/mol. The fourth-order valence-electron chi connectivity index (χ4n) is 2.98. The van der Waals surface area contributed by atoms with E-state index in [-0.39, 0.29) is 29.9 Å². The maximum atomic E-state index is 14.5. The molecule has 0 fully saturated rings. The number of primary amides is 1. The predicted molar refractivity (Wildman–Crippen MR) is 87.3 cm³/mol. The van der Waals surface area contributed by atoms with E-state index in [1.807, 2.05) is 6.92 Å². The van der Waals surface area contributed by atoms with Crippen molar-refractivity contribution >= 4 is 5.91 Å². The Kier molecular flexibility index (Phi) is 4.24. The topological polar surface area (TPSA) is 85.4 Å². The Labute approximate surface area is 139 Å². The number of benzene rings is 1. The number of aliphatic hydroxyl groups is 1. The van der Waals surface area contributed by atoms with Gasteiger partial charge in [-0.05, 0) is 42.5 Å². The van der Waals surface area contributed by atoms with Crippen LogP contribution in [0.1, 0.15) is 28.5 Å². The summed E-state index contributed by atoms with van der Waals surface area (Å²) in [5.41, 5.74) is 7.81. The molecule has 2 aromatic rings. The molecular weight excluding hydrogens is 311 g/mol. The zero-order valence-electron chi connectivity index (χ0n) is 13.5. The third kappa shape index (κ3) is 2.85. The standard InChI is InChI=1S/C18H19FN2O3/c1-9-3-4-11(14(19)5-9)12-7-15(17(20)23)21-18-13(12)6-10(2)16(8-22)24-18/h3-5,7,10,16,22H,6,8H2,1-2H3,(H2,20,23)/t10-,16+/m0/s1. The van der Waals surface area contributed by atoms with Crippen molar-refractivity contribution in [3.05, 3.63) is 46.9 Å². The van der Waals surface area contributed by atoms with Crippen LogP contribution in [0, 0.1) is 18.7 Å². The van der Waals surface area contributed by atoms with Gasteiger partial charge in [-0.25, -0.2) is 9.37 Å². The first-order valence-electron chi connectivity index (χ1n) is 7.78. The van der Waals surface area contributed by atoms with Crippen LogP contribution in [-0.2, 0) is 6.42 Å². The second-order valence-electron chi connectivity index (χ2n) is 6.21. The number of hydrogen-bond acceptors (Lipinski definition) is 4. The number of carbonyl (C=O) groups excluding carboxylic acids is 1. The molecule has 6 heteroatoms. The third-order valence-corrected chi connectivity index (χ3v) is 4.36. The fourth-order valence-corrected chi connectivity index (χ4v) is 2.98. The Morgan fingerprint density at radius 3 is 2.79 bits per heavy atom. The second-order valence-corrected chi connectivity index (χ2v) is 6.21. The molecule has 2 atom stereocenters. The number of aromatic nitrogens is 1. The number of hydrogen-bond donors (Lipinski definition) is 2. The minimum Gasteiger partial charge on any atom is -0.471 e. The summed E-state index contributed by atoms with van der Waals surface area (Å²) in [6.07, 6.45) is 0.152. The van der Waals surface area contributed by atoms with Crippen molar-refractivity contribution in [2.24, 2.45) is 11.7 Å². The van der Waals surface area contributed by atoms with Crippen molar-refractivity contribution in [2.45, 2.75) is 26.4 Å². The van der Waals surface area contributed by atoms with Gasteiger partial charge >= 0.3 is 0 Å². The summed E-state index contributed by atoms with van der Waals surface area (Å²) in [6, 6.07) is 6.42. The van der Waals surface area contributed by atoms with E-state index in [0.29, 0.717) is 17.5 Å². The molecular formula is C18H19FN2O3. The smallest absolute Gasteiger partial charge is 0.267 e. The summed E-state index contributed by atoms with van der Waals surface area (Å²) in [4.78, 5) is 15.7. The summed E-state index contributed by atoms with van der Waals surface area (Å²) in [5, 5.41) is 9.42. The van der Waals surface area contributed by atoms with Crippen LogP contribution in [0.4, 0.5) is 4.39 Å². The van der Waals surface area contributed by atoms with Crippen LogP contribution >= 0.6 is 0 Å². The van der Waals surface area contributed by atoms with Gasteiger partial charge in [-0.15, -0.1) is 0 Å². The Bertz CT molecular complexity index is 807. The van der Waals surface area contributed by atoms with Crippen LogP contribution in [0.2, 0.25) is 0 Å². The summed E-state index contributed by atoms with van der Waals surface area (Å²) in [5.74, 6) is -0.820. The van der Waals surface area contributed by atoms with Gasteiger partial charge in [0.2, 0.25) is 5.88 Å². The Morgan fingerprint density at radius 1 is 1.42 bits per heavy atom. The molecule has 24 heavy (non-hydrogen) atoms. The predicted octanol–water partition coefficient (Wildman–Crippen LogP) is 2.23. The van der Waals surface area contributed by atoms with Crippen LogP contribution in [-0.4, -0.2) is 28.7 Å². The van der Waals surface area contributed by atoms with Gasteiger partial charge < -0.3 is 15.6 Å². The van der Waals surface area contributed by atoms with E-state index in [2.05, 4.69) is 4.98 Å². The molecule has 0 saturated heterocycles. The van der Waals surface area contributed by atoms with Crippen LogP contribution in [0.15, 0.2) is 24.3 Å². The molecule has 0 unspecified atom stereocenters. The molecule has 1 aromatic heterocycles. The van der Waals surface area contributed by atoms with Gasteiger partial charge in [0, 0.05) is 11.1 Å². The number of pyridine rings is 1. The number of rotatable bonds is 3. The molecule has 0 radical (unpaired) electrons. The van der Waals surface area contributed by atoms with E-state index in [1.54, 1.807) is 19.1 Å². The normalized spacial score (nSPS) is 19.5. The van der Waals surface area contributed by atoms with Gasteiger partial charge in [0.25, 0.3) is 5.91 Å². The molecule has 5 nitrogen and oxygen atoms in total. The largest absolute Gasteiger partial charge is 0.471 e. The van der Waals surface area contributed by atoms with Gasteiger partial charge in [0.15, 0.2) is 0 Å². The lowest BCUT2D eigenvalue weighted by Crippen LogP contribution is -2.35. The van der Waals surface area contributed by atoms with Crippen LogP contribution < -0.4 is 10.5 Å². The molecule has 0 spiro atoms. The van der Waals surface area contributed by atoms with Gasteiger partial charge in [-0.2, -0.15) is 0 Å². The molecule has 2 heterocycles. The summed E-state index contributed by atoms with van der Waals surface area (Å²) in [7, 11) is 0. The average Bonchev–Trinajstić information content (AvgIpc) is 2.53. The SMILES string of the molecule is Cc1ccc(-c2cc(C(N)=O)nc3c2C[C@H](C)[C@@H](CO)O3)c(F)c1. The number of halogens is 1. The number of nitrogens with zero attached hydrogens (tertiary/aromatic N) is 1. The highest BCUT2D eigenvalue weighted by atomic mass is 19.1. The number of aliphatic hydroxyl groups excluding tert-OH is 1. The second kappa shape index (κ2) is 6.20. The molecule has 126 valence electrons. The molecule has 1 amide bonds. The Morgan fingerprint density at radius 2 is 2.17 bits per heavy atom. The van der Waals surface area contributed by atoms with Crippen molar-refractivity contribution in [3.63, 3.8) is 0 Å².